The third-order valence-corrected chi connectivity index (χ3v) is 7.89. The molecule has 4 rings (SSSR count). The number of aryl methyl sites for hydroxylation is 1. The van der Waals surface area contributed by atoms with Crippen molar-refractivity contribution in [3.8, 4) is 11.5 Å². The summed E-state index contributed by atoms with van der Waals surface area (Å²) in [5.41, 5.74) is 1.23. The molecule has 1 aliphatic rings. The highest BCUT2D eigenvalue weighted by Crippen LogP contribution is 2.26. The summed E-state index contributed by atoms with van der Waals surface area (Å²) < 4.78 is 38.0. The van der Waals surface area contributed by atoms with Crippen LogP contribution in [0.5, 0.6) is 0 Å². The third-order valence-electron chi connectivity index (χ3n) is 5.16. The molecule has 1 saturated heterocycles. The van der Waals surface area contributed by atoms with E-state index in [0.717, 1.165) is 37.4 Å². The van der Waals surface area contributed by atoms with Crippen molar-refractivity contribution in [1.82, 2.24) is 14.5 Å². The molecule has 0 radical (unpaired) electrons. The van der Waals surface area contributed by atoms with Gasteiger partial charge in [0, 0.05) is 18.8 Å². The number of furan rings is 1. The lowest BCUT2D eigenvalue weighted by Gasteiger charge is -2.20. The normalized spacial score (nSPS) is 15.4. The molecule has 1 N–H and O–H groups in total. The number of aromatic nitrogens is 2. The maximum atomic E-state index is 12.8. The van der Waals surface area contributed by atoms with Crippen LogP contribution in [-0.2, 0) is 14.8 Å². The third kappa shape index (κ3) is 5.22. The maximum Gasteiger partial charge on any atom is 0.277 e. The molecule has 3 aromatic rings. The fraction of sp³-hybridized carbons (Fsp3) is 0.381. The molecule has 0 unspecified atom stereocenters. The van der Waals surface area contributed by atoms with Gasteiger partial charge in [0.05, 0.1) is 22.5 Å². The molecule has 1 amide bonds. The standard InChI is InChI=1S/C21H24N4O5S2/c1-15-18(10-13-29-15)20-23-24-21(30-20)31-14-19(26)22-16-6-8-17(9-7-16)32(27,28)25-11-4-2-3-5-12-25/h6-10,13H,2-5,11-12,14H2,1H3,(H,22,26). The number of anilines is 1. The number of hydrogen-bond donors (Lipinski definition) is 1. The van der Waals surface area contributed by atoms with Crippen LogP contribution in [-0.4, -0.2) is 47.7 Å². The first-order valence-corrected chi connectivity index (χ1v) is 12.8. The van der Waals surface area contributed by atoms with E-state index in [1.165, 1.54) is 12.1 Å². The monoisotopic (exact) mass is 476 g/mol. The first-order valence-electron chi connectivity index (χ1n) is 10.3. The zero-order valence-electron chi connectivity index (χ0n) is 17.6. The average molecular weight is 477 g/mol. The summed E-state index contributed by atoms with van der Waals surface area (Å²) in [5, 5.41) is 10.9. The molecule has 1 aromatic carbocycles. The van der Waals surface area contributed by atoms with E-state index in [1.807, 2.05) is 0 Å². The Morgan fingerprint density at radius 3 is 2.47 bits per heavy atom. The van der Waals surface area contributed by atoms with Crippen molar-refractivity contribution in [3.05, 3.63) is 42.4 Å². The first-order chi connectivity index (χ1) is 15.4. The van der Waals surface area contributed by atoms with E-state index in [1.54, 1.807) is 35.7 Å². The van der Waals surface area contributed by atoms with Crippen molar-refractivity contribution in [3.63, 3.8) is 0 Å². The Morgan fingerprint density at radius 2 is 1.81 bits per heavy atom. The van der Waals surface area contributed by atoms with Gasteiger partial charge in [-0.1, -0.05) is 24.6 Å². The van der Waals surface area contributed by atoms with Gasteiger partial charge in [-0.2, -0.15) is 4.31 Å². The molecule has 0 spiro atoms. The Labute approximate surface area is 190 Å². The van der Waals surface area contributed by atoms with Crippen LogP contribution in [0.2, 0.25) is 0 Å². The number of rotatable bonds is 7. The highest BCUT2D eigenvalue weighted by molar-refractivity contribution is 7.99. The fourth-order valence-electron chi connectivity index (χ4n) is 3.45. The van der Waals surface area contributed by atoms with Gasteiger partial charge < -0.3 is 14.2 Å². The van der Waals surface area contributed by atoms with Crippen LogP contribution < -0.4 is 5.32 Å². The van der Waals surface area contributed by atoms with Gasteiger partial charge in [-0.05, 0) is 50.1 Å². The van der Waals surface area contributed by atoms with Crippen molar-refractivity contribution < 1.29 is 22.0 Å². The zero-order valence-corrected chi connectivity index (χ0v) is 19.2. The Morgan fingerprint density at radius 1 is 1.09 bits per heavy atom. The topological polar surface area (TPSA) is 119 Å². The predicted octanol–water partition coefficient (Wildman–Crippen LogP) is 3.93. The van der Waals surface area contributed by atoms with Crippen LogP contribution in [0, 0.1) is 6.92 Å². The summed E-state index contributed by atoms with van der Waals surface area (Å²) in [7, 11) is -3.51. The molecule has 0 atom stereocenters. The number of sulfonamides is 1. The van der Waals surface area contributed by atoms with Gasteiger partial charge in [0.2, 0.25) is 15.9 Å². The molecule has 3 heterocycles. The molecule has 32 heavy (non-hydrogen) atoms. The van der Waals surface area contributed by atoms with Crippen molar-refractivity contribution in [2.75, 3.05) is 24.2 Å². The van der Waals surface area contributed by atoms with E-state index in [0.29, 0.717) is 36.0 Å². The summed E-state index contributed by atoms with van der Waals surface area (Å²) in [6.07, 6.45) is 5.42. The molecule has 1 aliphatic heterocycles. The molecular weight excluding hydrogens is 452 g/mol. The van der Waals surface area contributed by atoms with E-state index < -0.39 is 10.0 Å². The highest BCUT2D eigenvalue weighted by atomic mass is 32.2. The second-order valence-corrected chi connectivity index (χ2v) is 10.3. The Kier molecular flexibility index (Phi) is 6.97. The van der Waals surface area contributed by atoms with Crippen molar-refractivity contribution >= 4 is 33.4 Å². The molecule has 11 heteroatoms. The van der Waals surface area contributed by atoms with Crippen LogP contribution in [0.15, 0.2) is 55.5 Å². The SMILES string of the molecule is Cc1occc1-c1nnc(SCC(=O)Nc2ccc(S(=O)(=O)N3CCCCCC3)cc2)o1. The summed E-state index contributed by atoms with van der Waals surface area (Å²) in [6, 6.07) is 7.99. The quantitative estimate of drug-likeness (QED) is 0.510. The van der Waals surface area contributed by atoms with Gasteiger partial charge in [-0.25, -0.2) is 8.42 Å². The maximum absolute atomic E-state index is 12.8. The largest absolute Gasteiger partial charge is 0.469 e. The van der Waals surface area contributed by atoms with Gasteiger partial charge in [-0.15, -0.1) is 10.2 Å². The number of nitrogens with zero attached hydrogens (tertiary/aromatic N) is 3. The predicted molar refractivity (Wildman–Crippen MR) is 120 cm³/mol. The highest BCUT2D eigenvalue weighted by Gasteiger charge is 2.25. The van der Waals surface area contributed by atoms with E-state index in [-0.39, 0.29) is 21.8 Å². The second kappa shape index (κ2) is 9.88. The molecule has 9 nitrogen and oxygen atoms in total. The average Bonchev–Trinajstić information content (AvgIpc) is 3.32. The molecule has 0 aliphatic carbocycles. The molecular formula is C21H24N4O5S2. The minimum absolute atomic E-state index is 0.0693. The number of amides is 1. The fourth-order valence-corrected chi connectivity index (χ4v) is 5.53. The van der Waals surface area contributed by atoms with Gasteiger partial charge >= 0.3 is 0 Å². The van der Waals surface area contributed by atoms with Crippen LogP contribution in [0.3, 0.4) is 0 Å². The number of carbonyl (C=O) groups is 1. The number of benzene rings is 1. The van der Waals surface area contributed by atoms with Gasteiger partial charge in [0.15, 0.2) is 0 Å². The molecule has 0 saturated carbocycles. The number of hydrogen-bond acceptors (Lipinski definition) is 8. The summed E-state index contributed by atoms with van der Waals surface area (Å²) >= 11 is 1.11. The minimum atomic E-state index is -3.51. The summed E-state index contributed by atoms with van der Waals surface area (Å²) in [5.74, 6) is 0.807. The Balaban J connectivity index is 1.32. The van der Waals surface area contributed by atoms with Crippen molar-refractivity contribution in [2.24, 2.45) is 0 Å². The van der Waals surface area contributed by atoms with Gasteiger partial charge in [-0.3, -0.25) is 4.79 Å². The van der Waals surface area contributed by atoms with Gasteiger partial charge in [0.25, 0.3) is 11.1 Å². The molecule has 170 valence electrons. The van der Waals surface area contributed by atoms with E-state index >= 15 is 0 Å². The molecule has 0 bridgehead atoms. The van der Waals surface area contributed by atoms with Crippen molar-refractivity contribution in [2.45, 2.75) is 42.7 Å². The van der Waals surface area contributed by atoms with E-state index in [9.17, 15) is 13.2 Å². The Hall–Kier alpha value is -2.63. The van der Waals surface area contributed by atoms with Crippen LogP contribution in [0.1, 0.15) is 31.4 Å². The lowest BCUT2D eigenvalue weighted by molar-refractivity contribution is -0.113. The number of nitrogens with one attached hydrogen (secondary N) is 1. The molecule has 1 fully saturated rings. The van der Waals surface area contributed by atoms with Crippen molar-refractivity contribution in [1.29, 1.82) is 0 Å². The van der Waals surface area contributed by atoms with E-state index in [4.69, 9.17) is 8.83 Å². The van der Waals surface area contributed by atoms with Gasteiger partial charge in [0.1, 0.15) is 5.76 Å². The second-order valence-electron chi connectivity index (χ2n) is 7.44. The van der Waals surface area contributed by atoms with Crippen LogP contribution >= 0.6 is 11.8 Å². The van der Waals surface area contributed by atoms with Crippen LogP contribution in [0.4, 0.5) is 5.69 Å². The van der Waals surface area contributed by atoms with E-state index in [2.05, 4.69) is 15.5 Å². The Bertz CT molecular complexity index is 1160. The minimum Gasteiger partial charge on any atom is -0.469 e. The van der Waals surface area contributed by atoms with Crippen LogP contribution in [0.25, 0.3) is 11.5 Å². The lowest BCUT2D eigenvalue weighted by atomic mass is 10.2. The molecule has 2 aromatic heterocycles. The number of thioether (sulfide) groups is 1. The smallest absolute Gasteiger partial charge is 0.277 e. The summed E-state index contributed by atoms with van der Waals surface area (Å²) in [6.45, 7) is 2.90. The summed E-state index contributed by atoms with van der Waals surface area (Å²) in [4.78, 5) is 12.5. The first kappa shape index (κ1) is 22.6. The lowest BCUT2D eigenvalue weighted by Crippen LogP contribution is -2.31. The number of carbonyl (C=O) groups excluding carboxylic acids is 1. The zero-order chi connectivity index (χ0) is 22.6.